The van der Waals surface area contributed by atoms with Crippen molar-refractivity contribution >= 4 is 39.6 Å². The third-order valence-electron chi connectivity index (χ3n) is 5.57. The van der Waals surface area contributed by atoms with Crippen LogP contribution in [0.4, 0.5) is 0 Å². The number of aromatic amines is 1. The summed E-state index contributed by atoms with van der Waals surface area (Å²) in [5.41, 5.74) is 7.34. The summed E-state index contributed by atoms with van der Waals surface area (Å²) in [5.74, 6) is 0.104. The Kier molecular flexibility index (Phi) is 6.02. The van der Waals surface area contributed by atoms with E-state index in [0.29, 0.717) is 17.3 Å². The number of carbonyl (C=O) groups excluding carboxylic acids is 1. The monoisotopic (exact) mass is 561 g/mol. The Labute approximate surface area is 210 Å². The molecule has 6 nitrogen and oxygen atoms in total. The van der Waals surface area contributed by atoms with Crippen LogP contribution in [0.5, 0.6) is 11.8 Å². The van der Waals surface area contributed by atoms with Crippen LogP contribution in [0.25, 0.3) is 33.3 Å². The molecule has 0 bridgehead atoms. The van der Waals surface area contributed by atoms with Gasteiger partial charge in [0, 0.05) is 16.0 Å². The van der Waals surface area contributed by atoms with E-state index in [0.717, 1.165) is 42.4 Å². The number of aryl methyl sites for hydroxylation is 1. The molecule has 168 valence electrons. The van der Waals surface area contributed by atoms with Gasteiger partial charge < -0.3 is 14.5 Å². The molecule has 0 saturated heterocycles. The molecule has 0 aliphatic heterocycles. The number of hydrogen-bond acceptors (Lipinski definition) is 5. The predicted molar refractivity (Wildman–Crippen MR) is 140 cm³/mol. The van der Waals surface area contributed by atoms with Crippen LogP contribution in [0.15, 0.2) is 79.1 Å². The summed E-state index contributed by atoms with van der Waals surface area (Å²) in [6.45, 7) is 1.85. The third-order valence-corrected chi connectivity index (χ3v) is 6.46. The summed E-state index contributed by atoms with van der Waals surface area (Å²) >= 11 is 2.33. The van der Waals surface area contributed by atoms with Gasteiger partial charge in [-0.3, -0.25) is 4.98 Å². The Bertz CT molecular complexity index is 1500. The highest BCUT2D eigenvalue weighted by Gasteiger charge is 2.14. The lowest BCUT2D eigenvalue weighted by Crippen LogP contribution is -2.04. The van der Waals surface area contributed by atoms with Gasteiger partial charge in [0.05, 0.1) is 23.7 Å². The first-order chi connectivity index (χ1) is 16.5. The summed E-state index contributed by atoms with van der Waals surface area (Å²) in [4.78, 5) is 24.0. The molecular weight excluding hydrogens is 541 g/mol. The molecule has 1 N–H and O–H groups in total. The number of carbonyl (C=O) groups is 1. The molecule has 2 heterocycles. The smallest absolute Gasteiger partial charge is 0.338 e. The van der Waals surface area contributed by atoms with Crippen LogP contribution in [0.2, 0.25) is 0 Å². The molecule has 3 aromatic carbocycles. The van der Waals surface area contributed by atoms with Gasteiger partial charge >= 0.3 is 5.97 Å². The van der Waals surface area contributed by atoms with Gasteiger partial charge in [0.2, 0.25) is 0 Å². The summed E-state index contributed by atoms with van der Waals surface area (Å²) in [6, 6.07) is 22.1. The molecule has 0 radical (unpaired) electrons. The minimum Gasteiger partial charge on any atom is -0.465 e. The van der Waals surface area contributed by atoms with Crippen LogP contribution >= 0.6 is 22.6 Å². The van der Waals surface area contributed by atoms with Gasteiger partial charge in [-0.2, -0.15) is 4.98 Å². The first-order valence-corrected chi connectivity index (χ1v) is 11.7. The zero-order chi connectivity index (χ0) is 23.7. The highest BCUT2D eigenvalue weighted by atomic mass is 127. The molecule has 34 heavy (non-hydrogen) atoms. The van der Waals surface area contributed by atoms with Crippen LogP contribution in [0.3, 0.4) is 0 Å². The van der Waals surface area contributed by atoms with Crippen molar-refractivity contribution in [1.29, 1.82) is 0 Å². The largest absolute Gasteiger partial charge is 0.465 e. The molecule has 0 saturated carbocycles. The first kappa shape index (κ1) is 22.1. The number of fused-ring (bicyclic) bond motifs is 1. The van der Waals surface area contributed by atoms with Gasteiger partial charge in [-0.15, -0.1) is 0 Å². The number of esters is 1. The number of nitrogens with zero attached hydrogens (tertiary/aromatic N) is 2. The van der Waals surface area contributed by atoms with Crippen molar-refractivity contribution in [3.05, 3.63) is 93.8 Å². The summed E-state index contributed by atoms with van der Waals surface area (Å²) < 4.78 is 11.9. The quantitative estimate of drug-likeness (QED) is 0.189. The Morgan fingerprint density at radius 3 is 2.50 bits per heavy atom. The van der Waals surface area contributed by atoms with E-state index in [9.17, 15) is 4.79 Å². The lowest BCUT2D eigenvalue weighted by molar-refractivity contribution is 0.0599. The Morgan fingerprint density at radius 2 is 1.76 bits per heavy atom. The van der Waals surface area contributed by atoms with E-state index in [1.165, 1.54) is 7.11 Å². The summed E-state index contributed by atoms with van der Waals surface area (Å²) in [7, 11) is 1.36. The Hall–Kier alpha value is -3.72. The van der Waals surface area contributed by atoms with Crippen LogP contribution in [0, 0.1) is 10.5 Å². The highest BCUT2D eigenvalue weighted by molar-refractivity contribution is 14.1. The van der Waals surface area contributed by atoms with Crippen molar-refractivity contribution in [3.8, 4) is 34.0 Å². The van der Waals surface area contributed by atoms with Crippen LogP contribution < -0.4 is 4.74 Å². The average Bonchev–Trinajstić information content (AvgIpc) is 3.25. The van der Waals surface area contributed by atoms with Gasteiger partial charge in [0.25, 0.3) is 6.01 Å². The maximum absolute atomic E-state index is 12.0. The number of methoxy groups -OCH3 is 1. The normalized spacial score (nSPS) is 10.9. The molecule has 0 fully saturated rings. The number of H-pyrrole nitrogens is 1. The fourth-order valence-corrected chi connectivity index (χ4v) is 4.54. The van der Waals surface area contributed by atoms with E-state index < -0.39 is 5.97 Å². The number of imidazole rings is 1. The molecule has 7 heteroatoms. The fraction of sp³-hybridized carbons (Fsp3) is 0.0741. The number of nitrogens with one attached hydrogen (secondary N) is 1. The molecule has 5 rings (SSSR count). The van der Waals surface area contributed by atoms with Crippen LogP contribution in [-0.2, 0) is 4.74 Å². The number of aromatic nitrogens is 3. The molecule has 0 aliphatic carbocycles. The molecule has 0 amide bonds. The van der Waals surface area contributed by atoms with Crippen molar-refractivity contribution in [2.24, 2.45) is 0 Å². The molecule has 5 aromatic rings. The van der Waals surface area contributed by atoms with Crippen molar-refractivity contribution in [2.45, 2.75) is 6.92 Å². The predicted octanol–water partition coefficient (Wildman–Crippen LogP) is 6.78. The Morgan fingerprint density at radius 1 is 0.971 bits per heavy atom. The number of benzene rings is 3. The number of halogens is 1. The number of rotatable bonds is 5. The minimum absolute atomic E-state index is 0.356. The van der Waals surface area contributed by atoms with Crippen LogP contribution in [0.1, 0.15) is 15.9 Å². The van der Waals surface area contributed by atoms with Gasteiger partial charge in [-0.05, 0) is 87.7 Å². The van der Waals surface area contributed by atoms with Crippen molar-refractivity contribution < 1.29 is 14.3 Å². The van der Waals surface area contributed by atoms with Gasteiger partial charge in [0.1, 0.15) is 5.75 Å². The van der Waals surface area contributed by atoms with Gasteiger partial charge in [0.15, 0.2) is 0 Å². The SMILES string of the molecule is COC(=O)c1cc(Oc2nc3cc(-c4ccc(-c5cccnc5)cc4)c(I)cc3[nH]2)ccc1C. The topological polar surface area (TPSA) is 77.1 Å². The van der Waals surface area contributed by atoms with E-state index in [1.54, 1.807) is 18.3 Å². The van der Waals surface area contributed by atoms with Gasteiger partial charge in [-0.1, -0.05) is 36.4 Å². The molecule has 0 atom stereocenters. The van der Waals surface area contributed by atoms with E-state index in [-0.39, 0.29) is 0 Å². The maximum atomic E-state index is 12.0. The molecule has 2 aromatic heterocycles. The summed E-state index contributed by atoms with van der Waals surface area (Å²) in [5, 5.41) is 0. The van der Waals surface area contributed by atoms with E-state index in [4.69, 9.17) is 9.47 Å². The van der Waals surface area contributed by atoms with Crippen molar-refractivity contribution in [3.63, 3.8) is 0 Å². The van der Waals surface area contributed by atoms with Gasteiger partial charge in [-0.25, -0.2) is 4.79 Å². The lowest BCUT2D eigenvalue weighted by Gasteiger charge is -2.07. The number of pyridine rings is 1. The lowest BCUT2D eigenvalue weighted by atomic mass is 10.0. The van der Waals surface area contributed by atoms with Crippen molar-refractivity contribution in [2.75, 3.05) is 7.11 Å². The second-order valence-electron chi connectivity index (χ2n) is 7.78. The number of ether oxygens (including phenoxy) is 2. The summed E-state index contributed by atoms with van der Waals surface area (Å²) in [6.07, 6.45) is 3.63. The fourth-order valence-electron chi connectivity index (χ4n) is 3.76. The second kappa shape index (κ2) is 9.26. The molecule has 0 unspecified atom stereocenters. The second-order valence-corrected chi connectivity index (χ2v) is 8.94. The molecular formula is C27H20IN3O3. The minimum atomic E-state index is -0.402. The highest BCUT2D eigenvalue weighted by Crippen LogP contribution is 2.32. The maximum Gasteiger partial charge on any atom is 0.338 e. The van der Waals surface area contributed by atoms with E-state index >= 15 is 0 Å². The molecule has 0 aliphatic rings. The average molecular weight is 561 g/mol. The Balaban J connectivity index is 1.44. The zero-order valence-corrected chi connectivity index (χ0v) is 20.7. The molecule has 0 spiro atoms. The van der Waals surface area contributed by atoms with Crippen molar-refractivity contribution in [1.82, 2.24) is 15.0 Å². The van der Waals surface area contributed by atoms with Crippen LogP contribution in [-0.4, -0.2) is 28.0 Å². The standard InChI is InChI=1S/C27H20IN3O3/c1-16-5-10-20(12-21(16)26(32)33-2)34-27-30-24-13-22(23(28)14-25(24)31-27)18-8-6-17(7-9-18)19-4-3-11-29-15-19/h3-15H,1-2H3,(H,30,31). The zero-order valence-electron chi connectivity index (χ0n) is 18.5. The first-order valence-electron chi connectivity index (χ1n) is 10.6. The third kappa shape index (κ3) is 4.38. The van der Waals surface area contributed by atoms with E-state index in [2.05, 4.69) is 73.9 Å². The van der Waals surface area contributed by atoms with E-state index in [1.807, 2.05) is 31.3 Å². The number of hydrogen-bond donors (Lipinski definition) is 1.